The lowest BCUT2D eigenvalue weighted by Crippen LogP contribution is -2.57. The summed E-state index contributed by atoms with van der Waals surface area (Å²) in [5.41, 5.74) is 3.65. The molecule has 1 heterocycles. The molecule has 172 valence electrons. The Morgan fingerprint density at radius 1 is 1.29 bits per heavy atom. The number of nitrogens with one attached hydrogen (secondary N) is 2. The van der Waals surface area contributed by atoms with Gasteiger partial charge < -0.3 is 25.5 Å². The predicted octanol–water partition coefficient (Wildman–Crippen LogP) is 3.84. The zero-order valence-corrected chi connectivity index (χ0v) is 19.4. The van der Waals surface area contributed by atoms with Crippen molar-refractivity contribution in [3.05, 3.63) is 22.8 Å². The van der Waals surface area contributed by atoms with Crippen LogP contribution in [0, 0.1) is 5.41 Å². The first-order valence-electron chi connectivity index (χ1n) is 11.7. The fourth-order valence-electron chi connectivity index (χ4n) is 5.34. The monoisotopic (exact) mass is 430 g/mol. The molecule has 1 aromatic rings. The van der Waals surface area contributed by atoms with E-state index in [4.69, 9.17) is 10.1 Å². The van der Waals surface area contributed by atoms with Crippen LogP contribution in [0.25, 0.3) is 0 Å². The van der Waals surface area contributed by atoms with Gasteiger partial charge in [0, 0.05) is 62.8 Å². The van der Waals surface area contributed by atoms with Crippen molar-refractivity contribution < 1.29 is 14.6 Å². The summed E-state index contributed by atoms with van der Waals surface area (Å²) in [6.07, 6.45) is 6.87. The normalized spacial score (nSPS) is 22.1. The molecule has 1 aromatic carbocycles. The largest absolute Gasteiger partial charge is 0.478 e. The maximum Gasteiger partial charge on any atom is 0.336 e. The summed E-state index contributed by atoms with van der Waals surface area (Å²) >= 11 is 0. The lowest BCUT2D eigenvalue weighted by Gasteiger charge is -2.47. The van der Waals surface area contributed by atoms with E-state index >= 15 is 0 Å². The Hall–Kier alpha value is -2.12. The molecule has 1 saturated carbocycles. The molecule has 7 heteroatoms. The minimum absolute atomic E-state index is 0.345. The number of ether oxygens (including phenoxy) is 1. The third kappa shape index (κ3) is 4.72. The van der Waals surface area contributed by atoms with Gasteiger partial charge in [-0.05, 0) is 57.6 Å². The Balaban J connectivity index is 1.90. The Morgan fingerprint density at radius 3 is 2.45 bits per heavy atom. The van der Waals surface area contributed by atoms with Crippen molar-refractivity contribution >= 4 is 23.6 Å². The highest BCUT2D eigenvalue weighted by Crippen LogP contribution is 2.38. The fraction of sp³-hybridized carbons (Fsp3) is 0.667. The van der Waals surface area contributed by atoms with Crippen LogP contribution in [0.3, 0.4) is 0 Å². The number of hydrogen-bond acceptors (Lipinski definition) is 6. The predicted molar refractivity (Wildman–Crippen MR) is 126 cm³/mol. The van der Waals surface area contributed by atoms with Gasteiger partial charge in [0.25, 0.3) is 0 Å². The molecule has 2 aliphatic rings. The Kier molecular flexibility index (Phi) is 7.94. The van der Waals surface area contributed by atoms with E-state index in [-0.39, 0.29) is 0 Å². The molecule has 0 aromatic heterocycles. The second-order valence-corrected chi connectivity index (χ2v) is 8.61. The maximum atomic E-state index is 12.1. The highest BCUT2D eigenvalue weighted by molar-refractivity contribution is 6.01. The van der Waals surface area contributed by atoms with E-state index in [1.54, 1.807) is 13.2 Å². The smallest absolute Gasteiger partial charge is 0.336 e. The molecule has 2 fully saturated rings. The summed E-state index contributed by atoms with van der Waals surface area (Å²) in [4.78, 5) is 17.0. The third-order valence-electron chi connectivity index (χ3n) is 7.00. The molecule has 1 aliphatic carbocycles. The highest BCUT2D eigenvalue weighted by atomic mass is 16.5. The van der Waals surface area contributed by atoms with Crippen molar-refractivity contribution in [2.75, 3.05) is 43.5 Å². The van der Waals surface area contributed by atoms with E-state index < -0.39 is 5.97 Å². The van der Waals surface area contributed by atoms with Gasteiger partial charge in [0.1, 0.15) is 0 Å². The molecule has 0 amide bonds. The van der Waals surface area contributed by atoms with Gasteiger partial charge in [-0.25, -0.2) is 4.79 Å². The maximum absolute atomic E-state index is 12.1. The topological polar surface area (TPSA) is 88.9 Å². The van der Waals surface area contributed by atoms with Gasteiger partial charge >= 0.3 is 5.97 Å². The summed E-state index contributed by atoms with van der Waals surface area (Å²) in [6.45, 7) is 9.69. The molecule has 1 saturated heterocycles. The van der Waals surface area contributed by atoms with Gasteiger partial charge in [-0.1, -0.05) is 6.92 Å². The number of aromatic carboxylic acids is 1. The van der Waals surface area contributed by atoms with Crippen LogP contribution in [0.2, 0.25) is 0 Å². The molecule has 7 nitrogen and oxygen atoms in total. The number of carboxylic acids is 1. The first-order valence-corrected chi connectivity index (χ1v) is 11.7. The number of carbonyl (C=O) groups is 1. The van der Waals surface area contributed by atoms with Crippen molar-refractivity contribution in [1.82, 2.24) is 4.90 Å². The van der Waals surface area contributed by atoms with E-state index in [2.05, 4.69) is 22.0 Å². The molecular weight excluding hydrogens is 392 g/mol. The Morgan fingerprint density at radius 2 is 1.97 bits per heavy atom. The molecule has 3 N–H and O–H groups in total. The number of benzene rings is 1. The highest BCUT2D eigenvalue weighted by Gasteiger charge is 2.36. The SMILES string of the molecule is CCNc1cc(C(=O)O)c(CC)c(N(CC)C2CCC(N3CC(OC)C3)CC2)c1C=N. The van der Waals surface area contributed by atoms with Crippen molar-refractivity contribution in [2.45, 2.75) is 71.1 Å². The van der Waals surface area contributed by atoms with E-state index in [1.165, 1.54) is 6.21 Å². The summed E-state index contributed by atoms with van der Waals surface area (Å²) in [5.74, 6) is -0.904. The molecule has 0 atom stereocenters. The van der Waals surface area contributed by atoms with Gasteiger partial charge in [0.05, 0.1) is 17.4 Å². The third-order valence-corrected chi connectivity index (χ3v) is 7.00. The van der Waals surface area contributed by atoms with Crippen LogP contribution >= 0.6 is 0 Å². The summed E-state index contributed by atoms with van der Waals surface area (Å²) in [6, 6.07) is 2.69. The molecule has 0 radical (unpaired) electrons. The summed E-state index contributed by atoms with van der Waals surface area (Å²) in [5, 5.41) is 21.3. The van der Waals surface area contributed by atoms with Crippen LogP contribution in [-0.2, 0) is 11.2 Å². The average Bonchev–Trinajstić information content (AvgIpc) is 2.74. The van der Waals surface area contributed by atoms with Gasteiger partial charge in [0.2, 0.25) is 0 Å². The first kappa shape index (κ1) is 23.5. The van der Waals surface area contributed by atoms with E-state index in [0.29, 0.717) is 36.7 Å². The van der Waals surface area contributed by atoms with Crippen LogP contribution < -0.4 is 10.2 Å². The minimum Gasteiger partial charge on any atom is -0.478 e. The van der Waals surface area contributed by atoms with Crippen molar-refractivity contribution in [2.24, 2.45) is 0 Å². The summed E-state index contributed by atoms with van der Waals surface area (Å²) < 4.78 is 5.43. The number of rotatable bonds is 10. The first-order chi connectivity index (χ1) is 15.0. The molecule has 3 rings (SSSR count). The number of anilines is 2. The van der Waals surface area contributed by atoms with Crippen LogP contribution in [0.5, 0.6) is 0 Å². The number of methoxy groups -OCH3 is 1. The van der Waals surface area contributed by atoms with Gasteiger partial charge in [-0.3, -0.25) is 4.90 Å². The number of likely N-dealkylation sites (tertiary alicyclic amines) is 1. The van der Waals surface area contributed by atoms with Crippen LogP contribution in [-0.4, -0.2) is 73.7 Å². The molecule has 0 unspecified atom stereocenters. The van der Waals surface area contributed by atoms with Gasteiger partial charge in [-0.15, -0.1) is 0 Å². The standard InChI is InChI=1S/C24H38N4O3/c1-5-19-20(24(29)30)12-22(26-6-2)21(13-25)23(19)28(7-3)17-10-8-16(9-11-17)27-14-18(15-27)31-4/h12-13,16-18,25-26H,5-11,14-15H2,1-4H3,(H,29,30). The Labute approximate surface area is 186 Å². The second-order valence-electron chi connectivity index (χ2n) is 8.61. The lowest BCUT2D eigenvalue weighted by molar-refractivity contribution is -0.0578. The number of nitrogens with zero attached hydrogens (tertiary/aromatic N) is 2. The van der Waals surface area contributed by atoms with Crippen molar-refractivity contribution in [3.8, 4) is 0 Å². The zero-order valence-electron chi connectivity index (χ0n) is 19.4. The number of hydrogen-bond donors (Lipinski definition) is 3. The van der Waals surface area contributed by atoms with E-state index in [9.17, 15) is 9.90 Å². The minimum atomic E-state index is -0.904. The van der Waals surface area contributed by atoms with Crippen LogP contribution in [0.15, 0.2) is 6.07 Å². The molecular formula is C24H38N4O3. The van der Waals surface area contributed by atoms with Crippen LogP contribution in [0.4, 0.5) is 11.4 Å². The summed E-state index contributed by atoms with van der Waals surface area (Å²) in [7, 11) is 1.79. The molecule has 0 spiro atoms. The fourth-order valence-corrected chi connectivity index (χ4v) is 5.34. The quantitative estimate of drug-likeness (QED) is 0.489. The Bertz CT molecular complexity index is 784. The lowest BCUT2D eigenvalue weighted by atomic mass is 9.86. The number of carboxylic acid groups (broad SMARTS) is 1. The van der Waals surface area contributed by atoms with Crippen molar-refractivity contribution in [1.29, 1.82) is 5.41 Å². The van der Waals surface area contributed by atoms with Gasteiger partial charge in [-0.2, -0.15) is 0 Å². The van der Waals surface area contributed by atoms with E-state index in [1.807, 2.05) is 13.8 Å². The molecule has 0 bridgehead atoms. The van der Waals surface area contributed by atoms with Gasteiger partial charge in [0.15, 0.2) is 0 Å². The van der Waals surface area contributed by atoms with Crippen LogP contribution in [0.1, 0.15) is 67.9 Å². The second kappa shape index (κ2) is 10.5. The van der Waals surface area contributed by atoms with E-state index in [0.717, 1.165) is 67.8 Å². The average molecular weight is 431 g/mol. The molecule has 1 aliphatic heterocycles. The zero-order chi connectivity index (χ0) is 22.5. The molecule has 31 heavy (non-hydrogen) atoms. The van der Waals surface area contributed by atoms with Crippen molar-refractivity contribution in [3.63, 3.8) is 0 Å².